The maximum absolute atomic E-state index is 5.86. The zero-order valence-corrected chi connectivity index (χ0v) is 19.2. The molecule has 1 heterocycles. The van der Waals surface area contributed by atoms with Crippen LogP contribution in [0.3, 0.4) is 0 Å². The van der Waals surface area contributed by atoms with Gasteiger partial charge in [-0.25, -0.2) is 4.99 Å². The number of benzene rings is 2. The number of nitrogens with one attached hydrogen (secondary N) is 2. The van der Waals surface area contributed by atoms with E-state index in [9.17, 15) is 0 Å². The number of nitrogens with zero attached hydrogens (tertiary/aromatic N) is 1. The van der Waals surface area contributed by atoms with Crippen molar-refractivity contribution in [3.8, 4) is 0 Å². The molecule has 0 aliphatic carbocycles. The van der Waals surface area contributed by atoms with E-state index >= 15 is 0 Å². The van der Waals surface area contributed by atoms with Crippen LogP contribution in [-0.4, -0.2) is 45.0 Å². The van der Waals surface area contributed by atoms with E-state index in [1.54, 1.807) is 0 Å². The zero-order chi connectivity index (χ0) is 22.3. The van der Waals surface area contributed by atoms with Gasteiger partial charge in [0.15, 0.2) is 5.96 Å². The van der Waals surface area contributed by atoms with Gasteiger partial charge in [-0.3, -0.25) is 0 Å². The molecule has 1 fully saturated rings. The van der Waals surface area contributed by atoms with E-state index in [0.717, 1.165) is 57.1 Å². The topological polar surface area (TPSA) is 64.1 Å². The smallest absolute Gasteiger partial charge is 0.191 e. The molecule has 0 spiro atoms. The lowest BCUT2D eigenvalue weighted by atomic mass is 10.1. The Labute approximate surface area is 192 Å². The van der Waals surface area contributed by atoms with Gasteiger partial charge in [0.1, 0.15) is 0 Å². The van der Waals surface area contributed by atoms with Gasteiger partial charge >= 0.3 is 0 Å². The minimum atomic E-state index is 0.293. The van der Waals surface area contributed by atoms with Crippen LogP contribution in [0.4, 0.5) is 0 Å². The van der Waals surface area contributed by atoms with Crippen molar-refractivity contribution in [3.63, 3.8) is 0 Å². The van der Waals surface area contributed by atoms with Crippen molar-refractivity contribution < 1.29 is 14.2 Å². The third kappa shape index (κ3) is 9.39. The molecule has 0 saturated carbocycles. The van der Waals surface area contributed by atoms with Gasteiger partial charge in [0.05, 0.1) is 32.5 Å². The van der Waals surface area contributed by atoms with E-state index in [1.165, 1.54) is 11.1 Å². The molecule has 6 heteroatoms. The fourth-order valence-electron chi connectivity index (χ4n) is 3.56. The van der Waals surface area contributed by atoms with Crippen LogP contribution in [0, 0.1) is 0 Å². The number of aliphatic imine (C=N–C) groups is 1. The molecule has 1 aliphatic rings. The lowest BCUT2D eigenvalue weighted by Gasteiger charge is -2.13. The highest BCUT2D eigenvalue weighted by Crippen LogP contribution is 2.12. The molecule has 1 saturated heterocycles. The Hall–Kier alpha value is -2.41. The Morgan fingerprint density at radius 3 is 2.62 bits per heavy atom. The fourth-order valence-corrected chi connectivity index (χ4v) is 3.56. The second-order valence-electron chi connectivity index (χ2n) is 7.98. The molecule has 0 aromatic heterocycles. The molecular weight excluding hydrogens is 402 g/mol. The van der Waals surface area contributed by atoms with E-state index in [2.05, 4.69) is 54.0 Å². The highest BCUT2D eigenvalue weighted by Gasteiger charge is 2.14. The van der Waals surface area contributed by atoms with Crippen LogP contribution in [0.1, 0.15) is 42.9 Å². The van der Waals surface area contributed by atoms with Gasteiger partial charge < -0.3 is 24.8 Å². The molecule has 0 radical (unpaired) electrons. The van der Waals surface area contributed by atoms with Gasteiger partial charge in [-0.05, 0) is 42.9 Å². The van der Waals surface area contributed by atoms with Gasteiger partial charge in [0, 0.05) is 26.3 Å². The predicted octanol–water partition coefficient (Wildman–Crippen LogP) is 4.04. The first-order valence-electron chi connectivity index (χ1n) is 11.7. The van der Waals surface area contributed by atoms with Crippen LogP contribution < -0.4 is 10.6 Å². The molecule has 1 atom stereocenters. The number of ether oxygens (including phenoxy) is 3. The summed E-state index contributed by atoms with van der Waals surface area (Å²) >= 11 is 0. The summed E-state index contributed by atoms with van der Waals surface area (Å²) in [6.07, 6.45) is 3.50. The number of hydrogen-bond acceptors (Lipinski definition) is 4. The van der Waals surface area contributed by atoms with Gasteiger partial charge in [-0.15, -0.1) is 0 Å². The first-order chi connectivity index (χ1) is 15.8. The van der Waals surface area contributed by atoms with E-state index in [1.807, 2.05) is 18.2 Å². The SMILES string of the molecule is CCNC(=NCc1cccc(COCc2ccccc2)c1)NCCCOCC1CCCO1. The first kappa shape index (κ1) is 24.2. The molecule has 0 bridgehead atoms. The second-order valence-corrected chi connectivity index (χ2v) is 7.98. The zero-order valence-electron chi connectivity index (χ0n) is 19.2. The Bertz CT molecular complexity index is 792. The first-order valence-corrected chi connectivity index (χ1v) is 11.7. The lowest BCUT2D eigenvalue weighted by molar-refractivity contribution is 0.0168. The van der Waals surface area contributed by atoms with Crippen molar-refractivity contribution in [3.05, 3.63) is 71.3 Å². The van der Waals surface area contributed by atoms with Crippen LogP contribution in [0.2, 0.25) is 0 Å². The van der Waals surface area contributed by atoms with Crippen molar-refractivity contribution >= 4 is 5.96 Å². The molecule has 32 heavy (non-hydrogen) atoms. The molecule has 174 valence electrons. The monoisotopic (exact) mass is 439 g/mol. The standard InChI is InChI=1S/C26H37N3O3/c1-2-27-26(28-14-8-15-30-21-25-13-7-16-32-25)29-18-23-11-6-12-24(17-23)20-31-19-22-9-4-3-5-10-22/h3-6,9-12,17,25H,2,7-8,13-16,18-21H2,1H3,(H2,27,28,29). The van der Waals surface area contributed by atoms with E-state index < -0.39 is 0 Å². The summed E-state index contributed by atoms with van der Waals surface area (Å²) in [6.45, 7) is 7.88. The summed E-state index contributed by atoms with van der Waals surface area (Å²) in [6, 6.07) is 18.7. The number of hydrogen-bond donors (Lipinski definition) is 2. The molecule has 6 nitrogen and oxygen atoms in total. The summed E-state index contributed by atoms with van der Waals surface area (Å²) < 4.78 is 17.2. The average molecular weight is 440 g/mol. The minimum absolute atomic E-state index is 0.293. The molecule has 1 aliphatic heterocycles. The maximum Gasteiger partial charge on any atom is 0.191 e. The third-order valence-corrected chi connectivity index (χ3v) is 5.22. The number of guanidine groups is 1. The van der Waals surface area contributed by atoms with Crippen molar-refractivity contribution in [1.29, 1.82) is 0 Å². The molecule has 2 N–H and O–H groups in total. The number of rotatable bonds is 13. The highest BCUT2D eigenvalue weighted by molar-refractivity contribution is 5.79. The highest BCUT2D eigenvalue weighted by atomic mass is 16.5. The third-order valence-electron chi connectivity index (χ3n) is 5.22. The van der Waals surface area contributed by atoms with Crippen LogP contribution in [0.15, 0.2) is 59.6 Å². The Morgan fingerprint density at radius 2 is 1.81 bits per heavy atom. The van der Waals surface area contributed by atoms with Gasteiger partial charge in [-0.1, -0.05) is 54.6 Å². The molecular formula is C26H37N3O3. The van der Waals surface area contributed by atoms with E-state index in [0.29, 0.717) is 32.5 Å². The van der Waals surface area contributed by atoms with Crippen molar-refractivity contribution in [2.45, 2.75) is 52.0 Å². The Kier molecular flexibility index (Phi) is 11.1. The molecule has 1 unspecified atom stereocenters. The quantitative estimate of drug-likeness (QED) is 0.280. The summed E-state index contributed by atoms with van der Waals surface area (Å²) in [7, 11) is 0. The van der Waals surface area contributed by atoms with Gasteiger partial charge in [0.25, 0.3) is 0 Å². The molecule has 3 rings (SSSR count). The van der Waals surface area contributed by atoms with Crippen LogP contribution in [0.25, 0.3) is 0 Å². The molecule has 2 aromatic carbocycles. The lowest BCUT2D eigenvalue weighted by Crippen LogP contribution is -2.38. The summed E-state index contributed by atoms with van der Waals surface area (Å²) in [5, 5.41) is 6.70. The van der Waals surface area contributed by atoms with Gasteiger partial charge in [0.2, 0.25) is 0 Å². The van der Waals surface area contributed by atoms with E-state index in [-0.39, 0.29) is 0 Å². The van der Waals surface area contributed by atoms with Gasteiger partial charge in [-0.2, -0.15) is 0 Å². The van der Waals surface area contributed by atoms with Crippen molar-refractivity contribution in [2.75, 3.05) is 32.9 Å². The van der Waals surface area contributed by atoms with E-state index in [4.69, 9.17) is 19.2 Å². The Balaban J connectivity index is 1.37. The average Bonchev–Trinajstić information content (AvgIpc) is 3.34. The van der Waals surface area contributed by atoms with Crippen molar-refractivity contribution in [2.24, 2.45) is 4.99 Å². The summed E-state index contributed by atoms with van der Waals surface area (Å²) in [4.78, 5) is 4.73. The Morgan fingerprint density at radius 1 is 1.00 bits per heavy atom. The van der Waals surface area contributed by atoms with Crippen LogP contribution in [-0.2, 0) is 34.0 Å². The maximum atomic E-state index is 5.86. The summed E-state index contributed by atoms with van der Waals surface area (Å²) in [5.41, 5.74) is 3.52. The van der Waals surface area contributed by atoms with Crippen LogP contribution in [0.5, 0.6) is 0 Å². The van der Waals surface area contributed by atoms with Crippen molar-refractivity contribution in [1.82, 2.24) is 10.6 Å². The normalized spacial score (nSPS) is 16.3. The minimum Gasteiger partial charge on any atom is -0.379 e. The molecule has 2 aromatic rings. The fraction of sp³-hybridized carbons (Fsp3) is 0.500. The second kappa shape index (κ2) is 14.6. The molecule has 0 amide bonds. The predicted molar refractivity (Wildman–Crippen MR) is 129 cm³/mol. The summed E-state index contributed by atoms with van der Waals surface area (Å²) in [5.74, 6) is 0.831. The van der Waals surface area contributed by atoms with Crippen LogP contribution >= 0.6 is 0 Å². The largest absolute Gasteiger partial charge is 0.379 e.